The summed E-state index contributed by atoms with van der Waals surface area (Å²) in [7, 11) is 0. The van der Waals surface area contributed by atoms with E-state index in [0.29, 0.717) is 5.92 Å². The number of imide groups is 1. The van der Waals surface area contributed by atoms with Gasteiger partial charge in [0.05, 0.1) is 12.0 Å². The van der Waals surface area contributed by atoms with Crippen molar-refractivity contribution in [3.05, 3.63) is 71.3 Å². The molecule has 3 rings (SSSR count). The van der Waals surface area contributed by atoms with Crippen molar-refractivity contribution in [2.24, 2.45) is 5.92 Å². The first-order valence-corrected chi connectivity index (χ1v) is 9.56. The van der Waals surface area contributed by atoms with Crippen LogP contribution in [0.1, 0.15) is 56.4 Å². The number of carbonyl (C=O) groups excluding carboxylic acids is 2. The number of ether oxygens (including phenoxy) is 1. The van der Waals surface area contributed by atoms with Crippen molar-refractivity contribution in [2.75, 3.05) is 0 Å². The molecule has 0 radical (unpaired) electrons. The lowest BCUT2D eigenvalue weighted by atomic mass is 9.98. The van der Waals surface area contributed by atoms with Gasteiger partial charge in [0.1, 0.15) is 6.10 Å². The van der Waals surface area contributed by atoms with Gasteiger partial charge in [-0.1, -0.05) is 68.4 Å². The highest BCUT2D eigenvalue weighted by Crippen LogP contribution is 2.34. The Balaban J connectivity index is 1.75. The minimum Gasteiger partial charge on any atom is -0.439 e. The molecule has 1 fully saturated rings. The molecule has 0 saturated carbocycles. The number of hydrogen-bond acceptors (Lipinski definition) is 3. The zero-order valence-electron chi connectivity index (χ0n) is 16.4. The van der Waals surface area contributed by atoms with Gasteiger partial charge in [0, 0.05) is 0 Å². The molecule has 1 aliphatic rings. The molecular weight excluding hydrogens is 340 g/mol. The number of amides is 2. The lowest BCUT2D eigenvalue weighted by molar-refractivity contribution is -0.130. The summed E-state index contributed by atoms with van der Waals surface area (Å²) >= 11 is 0. The van der Waals surface area contributed by atoms with Gasteiger partial charge in [0.15, 0.2) is 0 Å². The highest BCUT2D eigenvalue weighted by Gasteiger charge is 2.44. The molecule has 2 amide bonds. The van der Waals surface area contributed by atoms with E-state index in [2.05, 4.69) is 26.0 Å². The molecule has 1 aliphatic heterocycles. The maximum absolute atomic E-state index is 13.0. The monoisotopic (exact) mass is 367 g/mol. The normalized spacial score (nSPS) is 20.6. The first-order valence-electron chi connectivity index (χ1n) is 9.56. The topological polar surface area (TPSA) is 46.6 Å². The van der Waals surface area contributed by atoms with Crippen LogP contribution in [-0.2, 0) is 16.0 Å². The molecule has 1 saturated heterocycles. The summed E-state index contributed by atoms with van der Waals surface area (Å²) in [5, 5.41) is 0. The van der Waals surface area contributed by atoms with Crippen LogP contribution in [0.15, 0.2) is 54.6 Å². The molecular formula is C23H27NO3. The Labute approximate surface area is 161 Å². The molecule has 4 nitrogen and oxygen atoms in total. The van der Waals surface area contributed by atoms with E-state index in [9.17, 15) is 9.59 Å². The average molecular weight is 367 g/mol. The Morgan fingerprint density at radius 1 is 1.11 bits per heavy atom. The Kier molecular flexibility index (Phi) is 5.64. The summed E-state index contributed by atoms with van der Waals surface area (Å²) in [6, 6.07) is 17.3. The van der Waals surface area contributed by atoms with Crippen molar-refractivity contribution in [3.63, 3.8) is 0 Å². The summed E-state index contributed by atoms with van der Waals surface area (Å²) < 4.78 is 5.51. The van der Waals surface area contributed by atoms with E-state index in [1.807, 2.05) is 56.3 Å². The van der Waals surface area contributed by atoms with Crippen LogP contribution in [0.25, 0.3) is 0 Å². The summed E-state index contributed by atoms with van der Waals surface area (Å²) in [6.07, 6.45) is 0.0181. The molecule has 2 aromatic carbocycles. The van der Waals surface area contributed by atoms with E-state index >= 15 is 0 Å². The molecule has 0 unspecified atom stereocenters. The molecule has 3 atom stereocenters. The Hall–Kier alpha value is -2.62. The highest BCUT2D eigenvalue weighted by atomic mass is 16.6. The van der Waals surface area contributed by atoms with Crippen LogP contribution in [0.3, 0.4) is 0 Å². The number of rotatable bonds is 5. The Bertz CT molecular complexity index is 798. The van der Waals surface area contributed by atoms with Gasteiger partial charge in [0.2, 0.25) is 5.91 Å². The second-order valence-corrected chi connectivity index (χ2v) is 7.73. The molecule has 27 heavy (non-hydrogen) atoms. The number of nitrogens with zero attached hydrogens (tertiary/aromatic N) is 1. The number of carbonyl (C=O) groups is 2. The molecule has 0 aromatic heterocycles. The maximum atomic E-state index is 13.0. The molecule has 0 bridgehead atoms. The fourth-order valence-corrected chi connectivity index (χ4v) is 3.61. The van der Waals surface area contributed by atoms with Gasteiger partial charge in [-0.25, -0.2) is 9.69 Å². The van der Waals surface area contributed by atoms with Crippen molar-refractivity contribution in [2.45, 2.75) is 52.2 Å². The van der Waals surface area contributed by atoms with E-state index in [1.54, 1.807) is 0 Å². The lowest BCUT2D eigenvalue weighted by Gasteiger charge is -2.22. The number of benzene rings is 2. The minimum absolute atomic E-state index is 0.220. The van der Waals surface area contributed by atoms with Gasteiger partial charge in [0.25, 0.3) is 0 Å². The van der Waals surface area contributed by atoms with Gasteiger partial charge < -0.3 is 4.74 Å². The van der Waals surface area contributed by atoms with E-state index in [-0.39, 0.29) is 11.9 Å². The second-order valence-electron chi connectivity index (χ2n) is 7.73. The zero-order valence-corrected chi connectivity index (χ0v) is 16.4. The first kappa shape index (κ1) is 19.2. The van der Waals surface area contributed by atoms with Gasteiger partial charge in [-0.15, -0.1) is 0 Å². The predicted molar refractivity (Wildman–Crippen MR) is 105 cm³/mol. The third kappa shape index (κ3) is 4.05. The molecule has 4 heteroatoms. The highest BCUT2D eigenvalue weighted by molar-refractivity contribution is 5.97. The number of hydrogen-bond donors (Lipinski definition) is 0. The van der Waals surface area contributed by atoms with E-state index in [0.717, 1.165) is 17.5 Å². The van der Waals surface area contributed by atoms with E-state index < -0.39 is 18.1 Å². The fourth-order valence-electron chi connectivity index (χ4n) is 3.61. The van der Waals surface area contributed by atoms with Crippen LogP contribution in [0.4, 0.5) is 4.79 Å². The third-order valence-electron chi connectivity index (χ3n) is 5.13. The van der Waals surface area contributed by atoms with Crippen molar-refractivity contribution in [1.82, 2.24) is 4.90 Å². The van der Waals surface area contributed by atoms with Crippen LogP contribution in [0.2, 0.25) is 0 Å². The third-order valence-corrected chi connectivity index (χ3v) is 5.13. The predicted octanol–water partition coefficient (Wildman–Crippen LogP) is 5.10. The first-order chi connectivity index (χ1) is 12.9. The summed E-state index contributed by atoms with van der Waals surface area (Å²) in [5.41, 5.74) is 3.07. The second kappa shape index (κ2) is 7.95. The van der Waals surface area contributed by atoms with Gasteiger partial charge in [-0.05, 0) is 42.9 Å². The van der Waals surface area contributed by atoms with Crippen LogP contribution in [0.5, 0.6) is 0 Å². The van der Waals surface area contributed by atoms with E-state index in [1.165, 1.54) is 10.5 Å². The Morgan fingerprint density at radius 3 is 2.33 bits per heavy atom. The molecule has 0 spiro atoms. The quantitative estimate of drug-likeness (QED) is 0.739. The van der Waals surface area contributed by atoms with Crippen molar-refractivity contribution in [3.8, 4) is 0 Å². The molecule has 1 heterocycles. The van der Waals surface area contributed by atoms with Crippen LogP contribution >= 0.6 is 0 Å². The fraction of sp³-hybridized carbons (Fsp3) is 0.391. The maximum Gasteiger partial charge on any atom is 0.417 e. The van der Waals surface area contributed by atoms with E-state index in [4.69, 9.17) is 4.74 Å². The summed E-state index contributed by atoms with van der Waals surface area (Å²) in [4.78, 5) is 26.7. The number of cyclic esters (lactones) is 1. The molecule has 2 aromatic rings. The van der Waals surface area contributed by atoms with Crippen molar-refractivity contribution >= 4 is 12.0 Å². The van der Waals surface area contributed by atoms with Gasteiger partial charge >= 0.3 is 6.09 Å². The molecule has 142 valence electrons. The largest absolute Gasteiger partial charge is 0.439 e. The Morgan fingerprint density at radius 2 is 1.74 bits per heavy atom. The standard InChI is InChI=1S/C23H27NO3/c1-15(2)14-18-10-12-19(13-11-18)16(3)22(25)24-17(4)21(27-23(24)26)20-8-6-5-7-9-20/h5-13,15-17,21H,14H2,1-4H3/t16-,17-,21-/m1/s1/i3+2. The minimum atomic E-state index is -0.565. The van der Waals surface area contributed by atoms with Crippen LogP contribution in [-0.4, -0.2) is 22.9 Å². The van der Waals surface area contributed by atoms with Gasteiger partial charge in [-0.3, -0.25) is 4.79 Å². The average Bonchev–Trinajstić information content (AvgIpc) is 2.95. The van der Waals surface area contributed by atoms with Crippen molar-refractivity contribution < 1.29 is 14.3 Å². The van der Waals surface area contributed by atoms with Crippen LogP contribution in [0, 0.1) is 5.92 Å². The SMILES string of the molecule is CC(C)Cc1ccc([C@@H]([14CH3])C(=O)N2C(=O)O[C@@H](c3ccccc3)[C@H]2C)cc1. The zero-order chi connectivity index (χ0) is 19.6. The summed E-state index contributed by atoms with van der Waals surface area (Å²) in [6.45, 7) is 8.07. The van der Waals surface area contributed by atoms with Crippen molar-refractivity contribution in [1.29, 1.82) is 0 Å². The van der Waals surface area contributed by atoms with Gasteiger partial charge in [-0.2, -0.15) is 0 Å². The lowest BCUT2D eigenvalue weighted by Crippen LogP contribution is -2.40. The summed E-state index contributed by atoms with van der Waals surface area (Å²) in [5.74, 6) is -0.0322. The molecule has 0 aliphatic carbocycles. The molecule has 0 N–H and O–H groups in total. The smallest absolute Gasteiger partial charge is 0.417 e. The van der Waals surface area contributed by atoms with Crippen LogP contribution < -0.4 is 0 Å².